The molecule has 0 aromatic heterocycles. The number of esters is 3. The van der Waals surface area contributed by atoms with E-state index in [0.29, 0.717) is 16.9 Å². The highest BCUT2D eigenvalue weighted by atomic mass is 33.1. The van der Waals surface area contributed by atoms with Crippen LogP contribution in [-0.4, -0.2) is 147 Å². The van der Waals surface area contributed by atoms with Gasteiger partial charge in [-0.3, -0.25) is 9.59 Å². The molecule has 396 valence electrons. The summed E-state index contributed by atoms with van der Waals surface area (Å²) in [5.41, 5.74) is -7.19. The van der Waals surface area contributed by atoms with Crippen LogP contribution in [0.15, 0.2) is 71.8 Å². The van der Waals surface area contributed by atoms with Crippen LogP contribution in [0.1, 0.15) is 97.1 Å². The summed E-state index contributed by atoms with van der Waals surface area (Å²) < 4.78 is 54.5. The van der Waals surface area contributed by atoms with E-state index in [9.17, 15) is 24.3 Å². The summed E-state index contributed by atoms with van der Waals surface area (Å²) in [6.45, 7) is 16.2. The zero-order valence-corrected chi connectivity index (χ0v) is 44.6. The third kappa shape index (κ3) is 11.5. The molecule has 1 saturated heterocycles. The average Bonchev–Trinajstić information content (AvgIpc) is 3.32. The molecule has 4 aliphatic rings. The van der Waals surface area contributed by atoms with Gasteiger partial charge in [-0.2, -0.15) is 0 Å². The van der Waals surface area contributed by atoms with Crippen LogP contribution in [0.5, 0.6) is 0 Å². The number of amides is 1. The van der Waals surface area contributed by atoms with E-state index in [2.05, 4.69) is 10.6 Å². The zero-order chi connectivity index (χ0) is 52.8. The molecule has 2 saturated carbocycles. The van der Waals surface area contributed by atoms with Crippen molar-refractivity contribution in [2.24, 2.45) is 16.7 Å². The molecule has 72 heavy (non-hydrogen) atoms. The Morgan fingerprint density at radius 1 is 0.931 bits per heavy atom. The van der Waals surface area contributed by atoms with Gasteiger partial charge in [0.15, 0.2) is 11.4 Å². The fourth-order valence-corrected chi connectivity index (χ4v) is 12.7. The van der Waals surface area contributed by atoms with Crippen LogP contribution in [0.3, 0.4) is 0 Å². The molecule has 2 bridgehead atoms. The molecule has 3 N–H and O–H groups in total. The number of methoxy groups -OCH3 is 2. The Bertz CT molecular complexity index is 2310. The Morgan fingerprint density at radius 3 is 2.17 bits per heavy atom. The lowest BCUT2D eigenvalue weighted by Crippen LogP contribution is -2.82. The lowest BCUT2D eigenvalue weighted by Gasteiger charge is -2.67. The standard InChI is InChI=1S/C52H70N2O16S2/c1-12-53-23-25-71-72-26-24-64-47(60)67-40(38(32-19-15-13-16-20-32)54-46(59)70-48(4,5)6)45(58)66-34-28-52(61)43(68-44(57)33-21-17-14-18-22-33)41-50(9,42(56)39(63-11)37(30(34)2)49(52,7)8)35(62-10)27-36-51(41,29-65-36)69-31(3)55/h13-22,34-36,38-41,43,53,61H,12,23-29H2,1-11H3,(H,54,59)/t34-,35-,36+,38-,39+,40+,41-,43-,50+,51-,52+/m0/s1. The molecule has 1 heterocycles. The van der Waals surface area contributed by atoms with E-state index in [4.69, 9.17) is 42.6 Å². The number of nitrogens with one attached hydrogen (secondary N) is 2. The van der Waals surface area contributed by atoms with Gasteiger partial charge in [-0.1, -0.05) is 90.9 Å². The first kappa shape index (κ1) is 56.6. The van der Waals surface area contributed by atoms with Crippen molar-refractivity contribution in [1.29, 1.82) is 0 Å². The molecule has 1 aliphatic heterocycles. The monoisotopic (exact) mass is 1040 g/mol. The zero-order valence-electron chi connectivity index (χ0n) is 42.9. The Kier molecular flexibility index (Phi) is 18.3. The average molecular weight is 1040 g/mol. The van der Waals surface area contributed by atoms with Gasteiger partial charge in [0.2, 0.25) is 6.10 Å². The highest BCUT2D eigenvalue weighted by molar-refractivity contribution is 8.76. The number of carbonyl (C=O) groups is 6. The van der Waals surface area contributed by atoms with Crippen LogP contribution in [-0.2, 0) is 57.0 Å². The second-order valence-electron chi connectivity index (χ2n) is 20.2. The van der Waals surface area contributed by atoms with Crippen molar-refractivity contribution >= 4 is 57.5 Å². The summed E-state index contributed by atoms with van der Waals surface area (Å²) in [6.07, 6.45) is -10.9. The van der Waals surface area contributed by atoms with Crippen LogP contribution < -0.4 is 10.6 Å². The normalized spacial score (nSPS) is 29.3. The minimum absolute atomic E-state index is 0.0782. The van der Waals surface area contributed by atoms with Gasteiger partial charge in [0.1, 0.15) is 48.3 Å². The first-order valence-electron chi connectivity index (χ1n) is 24.1. The first-order chi connectivity index (χ1) is 34.0. The largest absolute Gasteiger partial charge is 0.509 e. The number of Topliss-reactive ketones (excluding diaryl/α,β-unsaturated/α-hetero) is 1. The van der Waals surface area contributed by atoms with E-state index in [1.807, 2.05) is 6.92 Å². The second kappa shape index (κ2) is 23.2. The quantitative estimate of drug-likeness (QED) is 0.0436. The molecule has 20 heteroatoms. The topological polar surface area (TPSA) is 230 Å². The molecule has 2 aromatic carbocycles. The number of rotatable bonds is 19. The predicted molar refractivity (Wildman–Crippen MR) is 267 cm³/mol. The van der Waals surface area contributed by atoms with Crippen molar-refractivity contribution in [3.05, 3.63) is 82.9 Å². The SMILES string of the molecule is CCNCCSSCCOC(=O)O[C@@H](C(=O)O[C@H]1C[C@@]2(O)[C@@H](OC(=O)c3ccccc3)[C@@H]3[C@]4(OC(C)=O)CO[C@@H]4C[C@H](OC)[C@@]3(C)C(=O)[C@H](OC)C(=C1C)C2(C)C)[C@@H](NC(=O)OC(C)(C)C)c1ccccc1. The molecule has 0 unspecified atom stereocenters. The van der Waals surface area contributed by atoms with Gasteiger partial charge >= 0.3 is 30.2 Å². The maximum Gasteiger partial charge on any atom is 0.509 e. The number of alkyl carbamates (subject to hydrolysis) is 1. The van der Waals surface area contributed by atoms with Crippen LogP contribution in [0.2, 0.25) is 0 Å². The highest BCUT2D eigenvalue weighted by Crippen LogP contribution is 2.65. The highest BCUT2D eigenvalue weighted by Gasteiger charge is 2.78. The number of ketones is 1. The lowest BCUT2D eigenvalue weighted by atomic mass is 9.44. The van der Waals surface area contributed by atoms with Crippen molar-refractivity contribution in [3.8, 4) is 0 Å². The number of benzene rings is 2. The number of carbonyl (C=O) groups excluding carboxylic acids is 6. The molecule has 0 spiro atoms. The summed E-state index contributed by atoms with van der Waals surface area (Å²) >= 11 is 0. The molecular formula is C52H70N2O16S2. The first-order valence-corrected chi connectivity index (χ1v) is 26.6. The Balaban J connectivity index is 1.48. The van der Waals surface area contributed by atoms with Crippen molar-refractivity contribution < 1.29 is 76.5 Å². The van der Waals surface area contributed by atoms with Crippen molar-refractivity contribution in [2.45, 2.75) is 135 Å². The van der Waals surface area contributed by atoms with Crippen LogP contribution in [0.25, 0.3) is 0 Å². The number of ether oxygens (including phenoxy) is 9. The molecule has 0 radical (unpaired) electrons. The molecule has 18 nitrogen and oxygen atoms in total. The molecule has 3 aliphatic carbocycles. The van der Waals surface area contributed by atoms with E-state index in [-0.39, 0.29) is 30.8 Å². The van der Waals surface area contributed by atoms with E-state index in [0.717, 1.165) is 18.8 Å². The number of hydrogen-bond acceptors (Lipinski definition) is 19. The summed E-state index contributed by atoms with van der Waals surface area (Å²) in [5, 5.41) is 19.9. The number of fused-ring (bicyclic) bond motifs is 5. The van der Waals surface area contributed by atoms with E-state index < -0.39 is 119 Å². The predicted octanol–water partition coefficient (Wildman–Crippen LogP) is 6.72. The van der Waals surface area contributed by atoms with Crippen LogP contribution in [0, 0.1) is 16.7 Å². The van der Waals surface area contributed by atoms with Crippen molar-refractivity contribution in [3.63, 3.8) is 0 Å². The van der Waals surface area contributed by atoms with E-state index in [1.54, 1.807) is 108 Å². The lowest BCUT2D eigenvalue weighted by molar-refractivity contribution is -0.347. The van der Waals surface area contributed by atoms with Gasteiger partial charge in [0.25, 0.3) is 0 Å². The summed E-state index contributed by atoms with van der Waals surface area (Å²) in [5.74, 6) is -3.44. The van der Waals surface area contributed by atoms with Crippen molar-refractivity contribution in [2.75, 3.05) is 52.0 Å². The van der Waals surface area contributed by atoms with Gasteiger partial charge in [0.05, 0.1) is 29.6 Å². The van der Waals surface area contributed by atoms with E-state index in [1.165, 1.54) is 44.1 Å². The third-order valence-electron chi connectivity index (χ3n) is 14.3. The minimum Gasteiger partial charge on any atom is -0.455 e. The molecule has 6 rings (SSSR count). The summed E-state index contributed by atoms with van der Waals surface area (Å²) in [6, 6.07) is 14.9. The molecular weight excluding hydrogens is 973 g/mol. The molecule has 2 aromatic rings. The summed E-state index contributed by atoms with van der Waals surface area (Å²) in [7, 11) is 5.85. The fourth-order valence-electron chi connectivity index (χ4n) is 10.9. The molecule has 1 amide bonds. The smallest absolute Gasteiger partial charge is 0.455 e. The van der Waals surface area contributed by atoms with Crippen molar-refractivity contribution in [1.82, 2.24) is 10.6 Å². The Morgan fingerprint density at radius 2 is 1.58 bits per heavy atom. The van der Waals surface area contributed by atoms with Gasteiger partial charge in [-0.25, -0.2) is 19.2 Å². The Labute approximate surface area is 429 Å². The molecule has 3 fully saturated rings. The van der Waals surface area contributed by atoms with Gasteiger partial charge in [-0.05, 0) is 70.0 Å². The fraction of sp³-hybridized carbons (Fsp3) is 0.615. The Hall–Kier alpha value is -4.70. The third-order valence-corrected chi connectivity index (χ3v) is 16.7. The minimum atomic E-state index is -2.30. The van der Waals surface area contributed by atoms with Gasteiger partial charge in [0, 0.05) is 57.5 Å². The van der Waals surface area contributed by atoms with Gasteiger partial charge < -0.3 is 58.4 Å². The maximum atomic E-state index is 15.8. The van der Waals surface area contributed by atoms with Crippen LogP contribution >= 0.6 is 21.6 Å². The number of hydrogen-bond donors (Lipinski definition) is 3. The van der Waals surface area contributed by atoms with E-state index >= 15 is 9.59 Å². The van der Waals surface area contributed by atoms with Crippen LogP contribution in [0.4, 0.5) is 9.59 Å². The summed E-state index contributed by atoms with van der Waals surface area (Å²) in [4.78, 5) is 85.9. The molecule has 11 atom stereocenters. The second-order valence-corrected chi connectivity index (χ2v) is 22.9. The number of aliphatic hydroxyl groups is 1. The maximum absolute atomic E-state index is 15.8. The van der Waals surface area contributed by atoms with Gasteiger partial charge in [-0.15, -0.1) is 0 Å².